The number of aromatic nitrogens is 3. The molecule has 1 fully saturated rings. The molecule has 0 saturated carbocycles. The quantitative estimate of drug-likeness (QED) is 0.771. The molecule has 0 amide bonds. The lowest BCUT2D eigenvalue weighted by Gasteiger charge is -2.32. The van der Waals surface area contributed by atoms with Gasteiger partial charge in [0.05, 0.1) is 0 Å². The summed E-state index contributed by atoms with van der Waals surface area (Å²) in [6, 6.07) is 8.40. The fourth-order valence-electron chi connectivity index (χ4n) is 2.90. The predicted octanol–water partition coefficient (Wildman–Crippen LogP) is 2.75. The van der Waals surface area contributed by atoms with Crippen molar-refractivity contribution >= 4 is 0 Å². The Labute approximate surface area is 143 Å². The van der Waals surface area contributed by atoms with Crippen molar-refractivity contribution in [3.05, 3.63) is 36.2 Å². The maximum absolute atomic E-state index is 9.57. The molecule has 1 aromatic carbocycles. The van der Waals surface area contributed by atoms with Gasteiger partial charge in [-0.05, 0) is 12.1 Å². The first-order valence-corrected chi connectivity index (χ1v) is 7.94. The number of rotatable bonds is 4. The first-order valence-electron chi connectivity index (χ1n) is 7.94. The largest absolute Gasteiger partial charge is 0.508 e. The number of phenolic OH excluding ortho intramolecular Hbond substituents is 1. The molecule has 1 N–H and O–H groups in total. The van der Waals surface area contributed by atoms with Crippen molar-refractivity contribution in [2.45, 2.75) is 18.4 Å². The summed E-state index contributed by atoms with van der Waals surface area (Å²) in [6.45, 7) is 1.17. The number of phenols is 1. The summed E-state index contributed by atoms with van der Waals surface area (Å²) in [7, 11) is 1.64. The van der Waals surface area contributed by atoms with E-state index in [-0.39, 0.29) is 11.6 Å². The third-order valence-corrected chi connectivity index (χ3v) is 4.38. The lowest BCUT2D eigenvalue weighted by molar-refractivity contribution is -0.101. The van der Waals surface area contributed by atoms with Crippen LogP contribution in [0, 0.1) is 0 Å². The molecule has 1 saturated heterocycles. The van der Waals surface area contributed by atoms with E-state index in [0.717, 1.165) is 0 Å². The van der Waals surface area contributed by atoms with Crippen molar-refractivity contribution in [3.8, 4) is 28.7 Å². The summed E-state index contributed by atoms with van der Waals surface area (Å²) in [5, 5.41) is 17.6. The average molecular weight is 343 g/mol. The lowest BCUT2D eigenvalue weighted by atomic mass is 9.93. The number of hydrogen-bond acceptors (Lipinski definition) is 8. The van der Waals surface area contributed by atoms with Crippen LogP contribution in [0.5, 0.6) is 5.75 Å². The Morgan fingerprint density at radius 3 is 2.72 bits per heavy atom. The molecule has 8 heteroatoms. The Balaban J connectivity index is 1.62. The van der Waals surface area contributed by atoms with Crippen molar-refractivity contribution in [3.63, 3.8) is 0 Å². The Morgan fingerprint density at radius 2 is 1.96 bits per heavy atom. The molecule has 1 aliphatic rings. The van der Waals surface area contributed by atoms with E-state index in [0.29, 0.717) is 48.9 Å². The Bertz CT molecular complexity index is 867. The smallest absolute Gasteiger partial charge is 0.280 e. The molecular weight excluding hydrogens is 326 g/mol. The molecular formula is C17H17N3O5. The molecule has 0 atom stereocenters. The second-order valence-corrected chi connectivity index (χ2v) is 5.86. The van der Waals surface area contributed by atoms with Crippen molar-refractivity contribution in [2.75, 3.05) is 20.3 Å². The van der Waals surface area contributed by atoms with Gasteiger partial charge in [0, 0.05) is 44.8 Å². The third-order valence-electron chi connectivity index (χ3n) is 4.38. The molecule has 1 aliphatic heterocycles. The third kappa shape index (κ3) is 2.90. The monoisotopic (exact) mass is 343 g/mol. The van der Waals surface area contributed by atoms with Crippen LogP contribution in [0.25, 0.3) is 22.9 Å². The average Bonchev–Trinajstić information content (AvgIpc) is 3.32. The van der Waals surface area contributed by atoms with Gasteiger partial charge in [-0.25, -0.2) is 0 Å². The summed E-state index contributed by atoms with van der Waals surface area (Å²) < 4.78 is 21.7. The first kappa shape index (κ1) is 15.8. The van der Waals surface area contributed by atoms with Crippen LogP contribution in [0.4, 0.5) is 0 Å². The van der Waals surface area contributed by atoms with Crippen molar-refractivity contribution in [1.82, 2.24) is 15.3 Å². The summed E-state index contributed by atoms with van der Waals surface area (Å²) in [6.07, 6.45) is 1.33. The second-order valence-electron chi connectivity index (χ2n) is 5.86. The SMILES string of the molecule is COC1(c2noc(-c3cc(-c4cccc(O)c4)on3)n2)CCOCC1. The minimum Gasteiger partial charge on any atom is -0.508 e. The van der Waals surface area contributed by atoms with Crippen LogP contribution in [0.1, 0.15) is 18.7 Å². The Morgan fingerprint density at radius 1 is 1.12 bits per heavy atom. The molecule has 3 heterocycles. The van der Waals surface area contributed by atoms with Gasteiger partial charge in [-0.15, -0.1) is 0 Å². The molecule has 0 unspecified atom stereocenters. The zero-order valence-electron chi connectivity index (χ0n) is 13.6. The van der Waals surface area contributed by atoms with Gasteiger partial charge in [0.15, 0.2) is 11.5 Å². The van der Waals surface area contributed by atoms with Crippen molar-refractivity contribution in [2.24, 2.45) is 0 Å². The zero-order chi connectivity index (χ0) is 17.3. The van der Waals surface area contributed by atoms with E-state index in [1.165, 1.54) is 0 Å². The highest BCUT2D eigenvalue weighted by Gasteiger charge is 2.39. The fraction of sp³-hybridized carbons (Fsp3) is 0.353. The van der Waals surface area contributed by atoms with Gasteiger partial charge in [0.2, 0.25) is 5.82 Å². The molecule has 130 valence electrons. The summed E-state index contributed by atoms with van der Waals surface area (Å²) in [5.41, 5.74) is 0.532. The zero-order valence-corrected chi connectivity index (χ0v) is 13.6. The summed E-state index contributed by atoms with van der Waals surface area (Å²) in [4.78, 5) is 4.44. The topological polar surface area (TPSA) is 104 Å². The van der Waals surface area contributed by atoms with E-state index in [4.69, 9.17) is 18.5 Å². The van der Waals surface area contributed by atoms with Crippen LogP contribution < -0.4 is 0 Å². The molecule has 4 rings (SSSR count). The Hall–Kier alpha value is -2.71. The number of hydrogen-bond donors (Lipinski definition) is 1. The van der Waals surface area contributed by atoms with Crippen molar-refractivity contribution in [1.29, 1.82) is 0 Å². The highest BCUT2D eigenvalue weighted by Crippen LogP contribution is 2.35. The van der Waals surface area contributed by atoms with Gasteiger partial charge < -0.3 is 23.6 Å². The van der Waals surface area contributed by atoms with E-state index >= 15 is 0 Å². The Kier molecular flexibility index (Phi) is 3.98. The minimum atomic E-state index is -0.599. The van der Waals surface area contributed by atoms with E-state index in [9.17, 15) is 5.11 Å². The standard InChI is InChI=1S/C17H17N3O5/c1-22-17(5-7-23-8-6-17)16-18-15(25-20-16)13-10-14(24-19-13)11-3-2-4-12(21)9-11/h2-4,9-10,21H,5-8H2,1H3. The van der Waals surface area contributed by atoms with Gasteiger partial charge in [-0.3, -0.25) is 0 Å². The number of nitrogens with zero attached hydrogens (tertiary/aromatic N) is 3. The highest BCUT2D eigenvalue weighted by atomic mass is 16.5. The minimum absolute atomic E-state index is 0.150. The number of aromatic hydroxyl groups is 1. The summed E-state index contributed by atoms with van der Waals surface area (Å²) in [5.74, 6) is 1.39. The molecule has 0 radical (unpaired) electrons. The first-order chi connectivity index (χ1) is 12.2. The summed E-state index contributed by atoms with van der Waals surface area (Å²) >= 11 is 0. The van der Waals surface area contributed by atoms with Gasteiger partial charge in [-0.2, -0.15) is 4.98 Å². The van der Waals surface area contributed by atoms with Crippen LogP contribution in [-0.4, -0.2) is 40.7 Å². The van der Waals surface area contributed by atoms with E-state index in [1.54, 1.807) is 31.4 Å². The van der Waals surface area contributed by atoms with Crippen molar-refractivity contribution < 1.29 is 23.6 Å². The van der Waals surface area contributed by atoms with Gasteiger partial charge in [0.1, 0.15) is 11.4 Å². The van der Waals surface area contributed by atoms with Crippen LogP contribution in [0.3, 0.4) is 0 Å². The molecule has 0 bridgehead atoms. The molecule has 2 aromatic heterocycles. The molecule has 25 heavy (non-hydrogen) atoms. The normalized spacial score (nSPS) is 16.8. The van der Waals surface area contributed by atoms with Crippen LogP contribution >= 0.6 is 0 Å². The van der Waals surface area contributed by atoms with E-state index < -0.39 is 5.60 Å². The van der Waals surface area contributed by atoms with E-state index in [2.05, 4.69) is 15.3 Å². The van der Waals surface area contributed by atoms with Crippen LogP contribution in [-0.2, 0) is 15.1 Å². The van der Waals surface area contributed by atoms with Gasteiger partial charge in [0.25, 0.3) is 5.89 Å². The highest BCUT2D eigenvalue weighted by molar-refractivity contribution is 5.63. The maximum atomic E-state index is 9.57. The van der Waals surface area contributed by atoms with Crippen LogP contribution in [0.15, 0.2) is 39.4 Å². The fourth-order valence-corrected chi connectivity index (χ4v) is 2.90. The number of methoxy groups -OCH3 is 1. The van der Waals surface area contributed by atoms with Crippen LogP contribution in [0.2, 0.25) is 0 Å². The molecule has 0 spiro atoms. The molecule has 0 aliphatic carbocycles. The molecule has 3 aromatic rings. The molecule has 8 nitrogen and oxygen atoms in total. The predicted molar refractivity (Wildman–Crippen MR) is 85.6 cm³/mol. The second kappa shape index (κ2) is 6.30. The number of ether oxygens (including phenoxy) is 2. The van der Waals surface area contributed by atoms with Gasteiger partial charge in [-0.1, -0.05) is 22.4 Å². The van der Waals surface area contributed by atoms with Gasteiger partial charge >= 0.3 is 0 Å². The van der Waals surface area contributed by atoms with E-state index in [1.807, 2.05) is 6.07 Å². The maximum Gasteiger partial charge on any atom is 0.280 e. The lowest BCUT2D eigenvalue weighted by Crippen LogP contribution is -2.36. The number of benzene rings is 1.